The van der Waals surface area contributed by atoms with Gasteiger partial charge in [-0.2, -0.15) is 0 Å². The second kappa shape index (κ2) is 7.18. The standard InChI is InChI=1S/C20H23N3O5/c1-20(9-13-3-4-15-16(7-13)28-12-27-15)5-2-6-23(11-20)17(24)8-14-10-21-19(26)22-18(14)25/h3-4,7,10H,2,5-6,8-9,11-12H2,1H3,(H2,21,22,25,26)/t20-/m1/s1. The van der Waals surface area contributed by atoms with Gasteiger partial charge in [0.25, 0.3) is 5.56 Å². The summed E-state index contributed by atoms with van der Waals surface area (Å²) in [4.78, 5) is 42.1. The van der Waals surface area contributed by atoms with Crippen molar-refractivity contribution in [1.29, 1.82) is 0 Å². The second-order valence-electron chi connectivity index (χ2n) is 7.87. The van der Waals surface area contributed by atoms with Gasteiger partial charge in [-0.05, 0) is 42.4 Å². The Labute approximate surface area is 161 Å². The summed E-state index contributed by atoms with van der Waals surface area (Å²) in [7, 11) is 0. The van der Waals surface area contributed by atoms with E-state index in [9.17, 15) is 14.4 Å². The van der Waals surface area contributed by atoms with Crippen molar-refractivity contribution in [3.05, 3.63) is 56.4 Å². The minimum absolute atomic E-state index is 0.0216. The van der Waals surface area contributed by atoms with Crippen molar-refractivity contribution in [3.63, 3.8) is 0 Å². The lowest BCUT2D eigenvalue weighted by atomic mass is 9.77. The number of piperidine rings is 1. The number of carbonyl (C=O) groups is 1. The van der Waals surface area contributed by atoms with Gasteiger partial charge in [-0.15, -0.1) is 0 Å². The fraction of sp³-hybridized carbons (Fsp3) is 0.450. The Bertz CT molecular complexity index is 1010. The van der Waals surface area contributed by atoms with Crippen molar-refractivity contribution in [2.24, 2.45) is 5.41 Å². The molecule has 0 unspecified atom stereocenters. The maximum atomic E-state index is 12.7. The molecule has 1 fully saturated rings. The molecule has 0 bridgehead atoms. The van der Waals surface area contributed by atoms with Gasteiger partial charge in [0.1, 0.15) is 0 Å². The predicted octanol–water partition coefficient (Wildman–Crippen LogP) is 1.21. The third kappa shape index (κ3) is 3.81. The summed E-state index contributed by atoms with van der Waals surface area (Å²) in [6.45, 7) is 3.74. The summed E-state index contributed by atoms with van der Waals surface area (Å²) in [5, 5.41) is 0. The van der Waals surface area contributed by atoms with E-state index in [1.807, 2.05) is 23.1 Å². The number of aromatic nitrogens is 2. The van der Waals surface area contributed by atoms with Gasteiger partial charge in [0.2, 0.25) is 12.7 Å². The number of likely N-dealkylation sites (tertiary alicyclic amines) is 1. The van der Waals surface area contributed by atoms with Crippen LogP contribution >= 0.6 is 0 Å². The van der Waals surface area contributed by atoms with Crippen molar-refractivity contribution in [1.82, 2.24) is 14.9 Å². The Morgan fingerprint density at radius 2 is 2.07 bits per heavy atom. The molecule has 1 aromatic heterocycles. The molecule has 1 saturated heterocycles. The molecule has 0 spiro atoms. The van der Waals surface area contributed by atoms with Crippen LogP contribution in [0.5, 0.6) is 11.5 Å². The molecule has 2 aromatic rings. The monoisotopic (exact) mass is 385 g/mol. The number of nitrogens with one attached hydrogen (secondary N) is 2. The van der Waals surface area contributed by atoms with Crippen molar-refractivity contribution in [2.45, 2.75) is 32.6 Å². The van der Waals surface area contributed by atoms with Crippen LogP contribution in [-0.4, -0.2) is 40.7 Å². The van der Waals surface area contributed by atoms with Crippen molar-refractivity contribution >= 4 is 5.91 Å². The minimum Gasteiger partial charge on any atom is -0.454 e. The lowest BCUT2D eigenvalue weighted by molar-refractivity contribution is -0.133. The third-order valence-corrected chi connectivity index (χ3v) is 5.44. The molecule has 3 heterocycles. The minimum atomic E-state index is -0.574. The molecule has 1 atom stereocenters. The molecule has 8 heteroatoms. The van der Waals surface area contributed by atoms with Crippen molar-refractivity contribution < 1.29 is 14.3 Å². The van der Waals surface area contributed by atoms with Gasteiger partial charge < -0.3 is 19.4 Å². The van der Waals surface area contributed by atoms with Crippen molar-refractivity contribution in [2.75, 3.05) is 19.9 Å². The summed E-state index contributed by atoms with van der Waals surface area (Å²) in [5.41, 5.74) is 0.275. The van der Waals surface area contributed by atoms with E-state index in [4.69, 9.17) is 9.47 Å². The summed E-state index contributed by atoms with van der Waals surface area (Å²) in [6.07, 6.45) is 4.05. The summed E-state index contributed by atoms with van der Waals surface area (Å²) >= 11 is 0. The molecule has 2 aliphatic heterocycles. The molecule has 2 N–H and O–H groups in total. The smallest absolute Gasteiger partial charge is 0.325 e. The zero-order valence-electron chi connectivity index (χ0n) is 15.7. The van der Waals surface area contributed by atoms with E-state index >= 15 is 0 Å². The van der Waals surface area contributed by atoms with Crippen LogP contribution in [0.15, 0.2) is 34.0 Å². The molecule has 4 rings (SSSR count). The highest BCUT2D eigenvalue weighted by molar-refractivity contribution is 5.78. The molecule has 28 heavy (non-hydrogen) atoms. The number of nitrogens with zero attached hydrogens (tertiary/aromatic N) is 1. The molecular formula is C20H23N3O5. The van der Waals surface area contributed by atoms with E-state index < -0.39 is 11.2 Å². The molecule has 8 nitrogen and oxygen atoms in total. The van der Waals surface area contributed by atoms with Crippen LogP contribution in [0, 0.1) is 5.41 Å². The topological polar surface area (TPSA) is 104 Å². The number of rotatable bonds is 4. The van der Waals surface area contributed by atoms with Crippen LogP contribution in [0.4, 0.5) is 0 Å². The van der Waals surface area contributed by atoms with Gasteiger partial charge in [-0.25, -0.2) is 4.79 Å². The van der Waals surface area contributed by atoms with Crippen molar-refractivity contribution in [3.8, 4) is 11.5 Å². The summed E-state index contributed by atoms with van der Waals surface area (Å²) in [5.74, 6) is 1.43. The van der Waals surface area contributed by atoms with E-state index in [0.29, 0.717) is 13.1 Å². The fourth-order valence-electron chi connectivity index (χ4n) is 4.06. The number of aromatic amines is 2. The van der Waals surface area contributed by atoms with Crippen LogP contribution in [0.2, 0.25) is 0 Å². The van der Waals surface area contributed by atoms with E-state index in [1.165, 1.54) is 6.20 Å². The molecular weight excluding hydrogens is 362 g/mol. The van der Waals surface area contributed by atoms with Crippen LogP contribution in [0.25, 0.3) is 0 Å². The van der Waals surface area contributed by atoms with Crippen LogP contribution < -0.4 is 20.7 Å². The van der Waals surface area contributed by atoms with E-state index in [0.717, 1.165) is 36.3 Å². The van der Waals surface area contributed by atoms with Crippen LogP contribution in [-0.2, 0) is 17.6 Å². The molecule has 0 aliphatic carbocycles. The van der Waals surface area contributed by atoms with Gasteiger partial charge in [0.05, 0.1) is 6.42 Å². The predicted molar refractivity (Wildman–Crippen MR) is 102 cm³/mol. The first-order valence-corrected chi connectivity index (χ1v) is 9.39. The SMILES string of the molecule is C[C@]1(Cc2ccc3c(c2)OCO3)CCCN(C(=O)Cc2c[nH]c(=O)[nH]c2=O)C1. The number of ether oxygens (including phenoxy) is 2. The Morgan fingerprint density at radius 1 is 1.25 bits per heavy atom. The van der Waals surface area contributed by atoms with E-state index in [-0.39, 0.29) is 30.1 Å². The number of amides is 1. The maximum Gasteiger partial charge on any atom is 0.325 e. The largest absolute Gasteiger partial charge is 0.454 e. The van der Waals surface area contributed by atoms with Crippen LogP contribution in [0.1, 0.15) is 30.9 Å². The van der Waals surface area contributed by atoms with E-state index in [2.05, 4.69) is 16.9 Å². The number of hydrogen-bond donors (Lipinski definition) is 2. The van der Waals surface area contributed by atoms with Gasteiger partial charge in [0.15, 0.2) is 11.5 Å². The highest BCUT2D eigenvalue weighted by Gasteiger charge is 2.33. The number of benzene rings is 1. The molecule has 2 aliphatic rings. The first kappa shape index (κ1) is 18.3. The number of fused-ring (bicyclic) bond motifs is 1. The Hall–Kier alpha value is -3.03. The molecule has 0 radical (unpaired) electrons. The Kier molecular flexibility index (Phi) is 4.70. The highest BCUT2D eigenvalue weighted by Crippen LogP contribution is 2.37. The molecule has 0 saturated carbocycles. The first-order valence-electron chi connectivity index (χ1n) is 9.39. The number of carbonyl (C=O) groups excluding carboxylic acids is 1. The lowest BCUT2D eigenvalue weighted by Gasteiger charge is -2.41. The Balaban J connectivity index is 1.44. The zero-order chi connectivity index (χ0) is 19.7. The van der Waals surface area contributed by atoms with Gasteiger partial charge in [-0.3, -0.25) is 14.6 Å². The summed E-state index contributed by atoms with van der Waals surface area (Å²) < 4.78 is 10.8. The average Bonchev–Trinajstić information content (AvgIpc) is 3.11. The van der Waals surface area contributed by atoms with Gasteiger partial charge >= 0.3 is 5.69 Å². The fourth-order valence-corrected chi connectivity index (χ4v) is 4.06. The zero-order valence-corrected chi connectivity index (χ0v) is 15.7. The molecule has 1 aromatic carbocycles. The van der Waals surface area contributed by atoms with Gasteiger partial charge in [-0.1, -0.05) is 13.0 Å². The molecule has 148 valence electrons. The van der Waals surface area contributed by atoms with E-state index in [1.54, 1.807) is 0 Å². The number of H-pyrrole nitrogens is 2. The third-order valence-electron chi connectivity index (χ3n) is 5.44. The maximum absolute atomic E-state index is 12.7. The molecule has 1 amide bonds. The van der Waals surface area contributed by atoms with Gasteiger partial charge in [0, 0.05) is 24.8 Å². The highest BCUT2D eigenvalue weighted by atomic mass is 16.7. The number of hydrogen-bond acceptors (Lipinski definition) is 5. The average molecular weight is 385 g/mol. The lowest BCUT2D eigenvalue weighted by Crippen LogP contribution is -2.46. The quantitative estimate of drug-likeness (QED) is 0.823. The summed E-state index contributed by atoms with van der Waals surface area (Å²) in [6, 6.07) is 5.98. The first-order chi connectivity index (χ1) is 13.4. The van der Waals surface area contributed by atoms with Crippen LogP contribution in [0.3, 0.4) is 0 Å². The Morgan fingerprint density at radius 3 is 2.89 bits per heavy atom. The normalized spacial score (nSPS) is 21.0. The second-order valence-corrected chi connectivity index (χ2v) is 7.87.